The Bertz CT molecular complexity index is 1610. The number of carbonyl (C=O) groups excluding carboxylic acids is 1. The van der Waals surface area contributed by atoms with Gasteiger partial charge in [-0.25, -0.2) is 13.8 Å². The number of carbonyl (C=O) groups is 1. The molecule has 5 rings (SSSR count). The molecule has 192 valence electrons. The van der Waals surface area contributed by atoms with Crippen molar-refractivity contribution in [2.45, 2.75) is 39.2 Å². The van der Waals surface area contributed by atoms with E-state index in [1.807, 2.05) is 42.7 Å². The number of Topliss-reactive ketones (excluding diaryl/α,β-unsaturated/α-hetero) is 1. The third-order valence-electron chi connectivity index (χ3n) is 6.69. The topological polar surface area (TPSA) is 60.7 Å². The molecule has 1 atom stereocenters. The number of imidazole rings is 1. The summed E-state index contributed by atoms with van der Waals surface area (Å²) in [5.41, 5.74) is 6.35. The zero-order chi connectivity index (χ0) is 26.8. The van der Waals surface area contributed by atoms with Crippen molar-refractivity contribution in [1.29, 1.82) is 0 Å². The van der Waals surface area contributed by atoms with Crippen molar-refractivity contribution < 1.29 is 13.6 Å². The van der Waals surface area contributed by atoms with Gasteiger partial charge in [0, 0.05) is 41.4 Å². The van der Waals surface area contributed by atoms with Gasteiger partial charge in [-0.05, 0) is 73.4 Å². The summed E-state index contributed by atoms with van der Waals surface area (Å²) >= 11 is 6.08. The average molecular weight is 531 g/mol. The number of nitrogens with zero attached hydrogens (tertiary/aromatic N) is 4. The molecule has 2 heterocycles. The van der Waals surface area contributed by atoms with E-state index in [1.165, 1.54) is 12.1 Å². The highest BCUT2D eigenvalue weighted by atomic mass is 35.5. The van der Waals surface area contributed by atoms with Crippen LogP contribution in [-0.2, 0) is 17.8 Å². The van der Waals surface area contributed by atoms with Crippen LogP contribution < -0.4 is 0 Å². The Morgan fingerprint density at radius 1 is 0.921 bits per heavy atom. The summed E-state index contributed by atoms with van der Waals surface area (Å²) in [5.74, 6) is -1.87. The summed E-state index contributed by atoms with van der Waals surface area (Å²) in [6.07, 6.45) is 5.12. The standard InChI is InChI=1S/C30H25ClF2N4O/c1-18-9-27-28(10-19(18)2)37(17-36-27)16-26(38)14-22(11-20-12-24(32)15-25(33)13-20)30-29(34-7-8-35-30)21-3-5-23(31)6-4-21/h3-10,12-13,15,17,22H,11,14,16H2,1-2H3. The Kier molecular flexibility index (Phi) is 7.29. The molecule has 0 fully saturated rings. The summed E-state index contributed by atoms with van der Waals surface area (Å²) in [5, 5.41) is 0.583. The number of rotatable bonds is 8. The highest BCUT2D eigenvalue weighted by Crippen LogP contribution is 2.32. The molecule has 0 aliphatic carbocycles. The minimum atomic E-state index is -0.669. The molecule has 0 radical (unpaired) electrons. The van der Waals surface area contributed by atoms with Crippen molar-refractivity contribution >= 4 is 28.4 Å². The van der Waals surface area contributed by atoms with E-state index < -0.39 is 17.6 Å². The van der Waals surface area contributed by atoms with Gasteiger partial charge in [0.25, 0.3) is 0 Å². The van der Waals surface area contributed by atoms with Crippen LogP contribution in [0.2, 0.25) is 5.02 Å². The lowest BCUT2D eigenvalue weighted by molar-refractivity contribution is -0.120. The van der Waals surface area contributed by atoms with Gasteiger partial charge in [0.15, 0.2) is 5.78 Å². The molecule has 0 aliphatic heterocycles. The summed E-state index contributed by atoms with van der Waals surface area (Å²) in [7, 11) is 0. The number of hydrogen-bond donors (Lipinski definition) is 0. The van der Waals surface area contributed by atoms with Gasteiger partial charge in [0.1, 0.15) is 11.6 Å². The predicted octanol–water partition coefficient (Wildman–Crippen LogP) is 7.03. The van der Waals surface area contributed by atoms with E-state index in [0.717, 1.165) is 33.8 Å². The average Bonchev–Trinajstić information content (AvgIpc) is 3.24. The van der Waals surface area contributed by atoms with E-state index >= 15 is 0 Å². The molecule has 0 saturated heterocycles. The Labute approximate surface area is 224 Å². The van der Waals surface area contributed by atoms with E-state index in [2.05, 4.69) is 15.0 Å². The van der Waals surface area contributed by atoms with Gasteiger partial charge >= 0.3 is 0 Å². The van der Waals surface area contributed by atoms with Crippen molar-refractivity contribution in [2.24, 2.45) is 0 Å². The maximum Gasteiger partial charge on any atom is 0.153 e. The fraction of sp³-hybridized carbons (Fsp3) is 0.200. The zero-order valence-corrected chi connectivity index (χ0v) is 21.7. The van der Waals surface area contributed by atoms with Crippen molar-refractivity contribution in [3.05, 3.63) is 112 Å². The van der Waals surface area contributed by atoms with Crippen LogP contribution in [0.4, 0.5) is 8.78 Å². The van der Waals surface area contributed by atoms with Gasteiger partial charge in [0.05, 0.1) is 35.3 Å². The monoisotopic (exact) mass is 530 g/mol. The summed E-state index contributed by atoms with van der Waals surface area (Å²) < 4.78 is 29.9. The first-order valence-electron chi connectivity index (χ1n) is 12.2. The SMILES string of the molecule is Cc1cc2ncn(CC(=O)CC(Cc3cc(F)cc(F)c3)c3nccnc3-c3ccc(Cl)cc3)c2cc1C. The number of aromatic nitrogens is 4. The summed E-state index contributed by atoms with van der Waals surface area (Å²) in [6, 6.07) is 14.6. The molecule has 38 heavy (non-hydrogen) atoms. The molecule has 5 aromatic rings. The van der Waals surface area contributed by atoms with E-state index in [-0.39, 0.29) is 25.2 Å². The van der Waals surface area contributed by atoms with Gasteiger partial charge in [-0.15, -0.1) is 0 Å². The minimum Gasteiger partial charge on any atom is -0.323 e. The van der Waals surface area contributed by atoms with Crippen LogP contribution in [-0.4, -0.2) is 25.3 Å². The van der Waals surface area contributed by atoms with E-state index in [1.54, 1.807) is 30.9 Å². The fourth-order valence-electron chi connectivity index (χ4n) is 4.73. The second-order valence-corrected chi connectivity index (χ2v) is 9.95. The number of benzene rings is 3. The Hall–Kier alpha value is -3.97. The molecule has 0 spiro atoms. The van der Waals surface area contributed by atoms with E-state index in [4.69, 9.17) is 11.6 Å². The summed E-state index contributed by atoms with van der Waals surface area (Å²) in [6.45, 7) is 4.16. The minimum absolute atomic E-state index is 0.0582. The van der Waals surface area contributed by atoms with Crippen LogP contribution in [0, 0.1) is 25.5 Å². The normalized spacial score (nSPS) is 12.1. The summed E-state index contributed by atoms with van der Waals surface area (Å²) in [4.78, 5) is 27.0. The van der Waals surface area contributed by atoms with Crippen LogP contribution in [0.1, 0.15) is 34.7 Å². The van der Waals surface area contributed by atoms with E-state index in [9.17, 15) is 13.6 Å². The van der Waals surface area contributed by atoms with Crippen molar-refractivity contribution in [1.82, 2.24) is 19.5 Å². The fourth-order valence-corrected chi connectivity index (χ4v) is 4.85. The molecule has 8 heteroatoms. The van der Waals surface area contributed by atoms with Gasteiger partial charge < -0.3 is 4.57 Å². The number of hydrogen-bond acceptors (Lipinski definition) is 4. The lowest BCUT2D eigenvalue weighted by atomic mass is 9.88. The highest BCUT2D eigenvalue weighted by molar-refractivity contribution is 6.30. The first kappa shape index (κ1) is 25.7. The molecule has 0 amide bonds. The molecule has 0 N–H and O–H groups in total. The first-order chi connectivity index (χ1) is 18.3. The Morgan fingerprint density at radius 3 is 2.34 bits per heavy atom. The molecule has 2 aromatic heterocycles. The molecule has 0 aliphatic rings. The molecule has 0 bridgehead atoms. The second-order valence-electron chi connectivity index (χ2n) is 9.52. The van der Waals surface area contributed by atoms with Gasteiger partial charge in [-0.2, -0.15) is 0 Å². The molecule has 3 aromatic carbocycles. The number of aryl methyl sites for hydroxylation is 2. The lowest BCUT2D eigenvalue weighted by Crippen LogP contribution is -2.17. The van der Waals surface area contributed by atoms with Crippen LogP contribution in [0.5, 0.6) is 0 Å². The maximum atomic E-state index is 14.0. The molecule has 5 nitrogen and oxygen atoms in total. The van der Waals surface area contributed by atoms with Crippen molar-refractivity contribution in [2.75, 3.05) is 0 Å². The highest BCUT2D eigenvalue weighted by Gasteiger charge is 2.24. The lowest BCUT2D eigenvalue weighted by Gasteiger charge is -2.19. The van der Waals surface area contributed by atoms with Crippen molar-refractivity contribution in [3.8, 4) is 11.3 Å². The molecule has 0 saturated carbocycles. The van der Waals surface area contributed by atoms with Crippen LogP contribution in [0.15, 0.2) is 73.3 Å². The predicted molar refractivity (Wildman–Crippen MR) is 144 cm³/mol. The number of fused-ring (bicyclic) bond motifs is 1. The van der Waals surface area contributed by atoms with Gasteiger partial charge in [0.2, 0.25) is 0 Å². The van der Waals surface area contributed by atoms with Crippen LogP contribution in [0.25, 0.3) is 22.3 Å². The van der Waals surface area contributed by atoms with E-state index in [0.29, 0.717) is 22.0 Å². The smallest absolute Gasteiger partial charge is 0.153 e. The Balaban J connectivity index is 1.49. The van der Waals surface area contributed by atoms with Crippen molar-refractivity contribution in [3.63, 3.8) is 0 Å². The zero-order valence-electron chi connectivity index (χ0n) is 21.0. The third-order valence-corrected chi connectivity index (χ3v) is 6.94. The third kappa shape index (κ3) is 5.63. The first-order valence-corrected chi connectivity index (χ1v) is 12.6. The van der Waals surface area contributed by atoms with Crippen LogP contribution >= 0.6 is 11.6 Å². The van der Waals surface area contributed by atoms with Crippen LogP contribution in [0.3, 0.4) is 0 Å². The quantitative estimate of drug-likeness (QED) is 0.216. The van der Waals surface area contributed by atoms with Gasteiger partial charge in [-0.1, -0.05) is 23.7 Å². The molecular formula is C30H25ClF2N4O. The molecule has 1 unspecified atom stereocenters. The number of halogens is 3. The van der Waals surface area contributed by atoms with Gasteiger partial charge in [-0.3, -0.25) is 14.8 Å². The maximum absolute atomic E-state index is 14.0. The second kappa shape index (κ2) is 10.8. The molecular weight excluding hydrogens is 506 g/mol. The largest absolute Gasteiger partial charge is 0.323 e. The number of ketones is 1. The Morgan fingerprint density at radius 2 is 1.61 bits per heavy atom.